The summed E-state index contributed by atoms with van der Waals surface area (Å²) in [7, 11) is 0. The molecule has 1 aliphatic rings. The molecule has 1 rings (SSSR count). The molecular weight excluding hydrogens is 332 g/mol. The van der Waals surface area contributed by atoms with Gasteiger partial charge in [0.25, 0.3) is 0 Å². The van der Waals surface area contributed by atoms with Gasteiger partial charge in [0.2, 0.25) is 0 Å². The summed E-state index contributed by atoms with van der Waals surface area (Å²) in [6.45, 7) is 11.1. The predicted octanol–water partition coefficient (Wildman–Crippen LogP) is 3.42. The van der Waals surface area contributed by atoms with E-state index in [-0.39, 0.29) is 30.8 Å². The lowest BCUT2D eigenvalue weighted by Gasteiger charge is -2.33. The zero-order valence-corrected chi connectivity index (χ0v) is 16.7. The first-order chi connectivity index (χ1) is 11.9. The standard InChI is InChI=1S/C21H32O5/c1-12(2)7-9-15-19(24)18(16(22)11-14(5)6)20(25)21(15,26)17(23)10-8-13(3)4/h7-8,14-15,17,23,25-26H,9-11H2,1-6H3/t15-,17+,21-/m0/s1. The van der Waals surface area contributed by atoms with Gasteiger partial charge in [0.1, 0.15) is 11.3 Å². The number of carbonyl (C=O) groups excluding carboxylic acids is 2. The number of hydrogen-bond acceptors (Lipinski definition) is 5. The largest absolute Gasteiger partial charge is 0.508 e. The van der Waals surface area contributed by atoms with Crippen LogP contribution in [-0.4, -0.2) is 38.6 Å². The second-order valence-electron chi connectivity index (χ2n) is 8.04. The van der Waals surface area contributed by atoms with Crippen molar-refractivity contribution in [1.29, 1.82) is 0 Å². The summed E-state index contributed by atoms with van der Waals surface area (Å²) in [6, 6.07) is 0. The molecule has 0 amide bonds. The molecule has 26 heavy (non-hydrogen) atoms. The highest BCUT2D eigenvalue weighted by Gasteiger charge is 2.58. The van der Waals surface area contributed by atoms with E-state index >= 15 is 0 Å². The van der Waals surface area contributed by atoms with Crippen molar-refractivity contribution in [3.8, 4) is 0 Å². The third kappa shape index (κ3) is 4.71. The summed E-state index contributed by atoms with van der Waals surface area (Å²) in [5.74, 6) is -2.84. The van der Waals surface area contributed by atoms with Crippen LogP contribution in [0.1, 0.15) is 60.8 Å². The fourth-order valence-electron chi connectivity index (χ4n) is 3.16. The smallest absolute Gasteiger partial charge is 0.176 e. The van der Waals surface area contributed by atoms with Crippen LogP contribution in [-0.2, 0) is 9.59 Å². The van der Waals surface area contributed by atoms with Gasteiger partial charge in [-0.05, 0) is 46.5 Å². The second-order valence-corrected chi connectivity index (χ2v) is 8.04. The summed E-state index contributed by atoms with van der Waals surface area (Å²) >= 11 is 0. The molecule has 5 heteroatoms. The molecule has 0 fully saturated rings. The Labute approximate surface area is 156 Å². The van der Waals surface area contributed by atoms with Crippen molar-refractivity contribution in [3.63, 3.8) is 0 Å². The van der Waals surface area contributed by atoms with Crippen molar-refractivity contribution in [2.24, 2.45) is 11.8 Å². The quantitative estimate of drug-likeness (QED) is 0.453. The number of ketones is 2. The van der Waals surface area contributed by atoms with E-state index in [0.29, 0.717) is 0 Å². The molecule has 0 bridgehead atoms. The topological polar surface area (TPSA) is 94.8 Å². The fourth-order valence-corrected chi connectivity index (χ4v) is 3.16. The van der Waals surface area contributed by atoms with Crippen LogP contribution >= 0.6 is 0 Å². The van der Waals surface area contributed by atoms with Crippen LogP contribution in [0.2, 0.25) is 0 Å². The first-order valence-electron chi connectivity index (χ1n) is 9.11. The molecular formula is C21H32O5. The SMILES string of the molecule is CC(C)=CC[C@@H](O)[C@]1(O)C(O)=C(C(=O)CC(C)C)C(=O)[C@@H]1CC=C(C)C. The summed E-state index contributed by atoms with van der Waals surface area (Å²) < 4.78 is 0. The van der Waals surface area contributed by atoms with Crippen LogP contribution in [0.15, 0.2) is 34.6 Å². The van der Waals surface area contributed by atoms with Gasteiger partial charge in [0.15, 0.2) is 17.2 Å². The summed E-state index contributed by atoms with van der Waals surface area (Å²) in [5, 5.41) is 32.4. The van der Waals surface area contributed by atoms with Gasteiger partial charge < -0.3 is 15.3 Å². The third-order valence-electron chi connectivity index (χ3n) is 4.60. The van der Waals surface area contributed by atoms with Gasteiger partial charge in [-0.1, -0.05) is 37.1 Å². The molecule has 0 aromatic rings. The lowest BCUT2D eigenvalue weighted by Crippen LogP contribution is -2.49. The van der Waals surface area contributed by atoms with Crippen LogP contribution < -0.4 is 0 Å². The molecule has 0 saturated carbocycles. The molecule has 0 unspecified atom stereocenters. The van der Waals surface area contributed by atoms with Crippen LogP contribution in [0, 0.1) is 11.8 Å². The Morgan fingerprint density at radius 3 is 2.15 bits per heavy atom. The molecule has 3 N–H and O–H groups in total. The Bertz CT molecular complexity index is 645. The molecule has 0 heterocycles. The first-order valence-corrected chi connectivity index (χ1v) is 9.11. The second kappa shape index (κ2) is 8.78. The Morgan fingerprint density at radius 2 is 1.69 bits per heavy atom. The number of carbonyl (C=O) groups is 2. The van der Waals surface area contributed by atoms with Gasteiger partial charge in [-0.15, -0.1) is 0 Å². The van der Waals surface area contributed by atoms with Crippen molar-refractivity contribution in [1.82, 2.24) is 0 Å². The number of aliphatic hydroxyl groups is 3. The van der Waals surface area contributed by atoms with Gasteiger partial charge in [0, 0.05) is 6.42 Å². The first kappa shape index (κ1) is 22.3. The van der Waals surface area contributed by atoms with Gasteiger partial charge in [-0.3, -0.25) is 9.59 Å². The lowest BCUT2D eigenvalue weighted by atomic mass is 9.80. The van der Waals surface area contributed by atoms with Gasteiger partial charge in [0.05, 0.1) is 12.0 Å². The van der Waals surface area contributed by atoms with E-state index in [1.165, 1.54) is 0 Å². The van der Waals surface area contributed by atoms with Gasteiger partial charge >= 0.3 is 0 Å². The number of hydrogen-bond donors (Lipinski definition) is 3. The van der Waals surface area contributed by atoms with Crippen LogP contribution in [0.5, 0.6) is 0 Å². The molecule has 0 radical (unpaired) electrons. The number of aliphatic hydroxyl groups excluding tert-OH is 2. The normalized spacial score (nSPS) is 24.0. The Kier molecular flexibility index (Phi) is 7.54. The molecule has 0 aromatic carbocycles. The highest BCUT2D eigenvalue weighted by molar-refractivity contribution is 6.23. The van der Waals surface area contributed by atoms with E-state index in [0.717, 1.165) is 11.1 Å². The predicted molar refractivity (Wildman–Crippen MR) is 102 cm³/mol. The Balaban J connectivity index is 3.38. The maximum absolute atomic E-state index is 12.9. The monoisotopic (exact) mass is 364 g/mol. The average Bonchev–Trinajstić information content (AvgIpc) is 2.69. The van der Waals surface area contributed by atoms with E-state index in [4.69, 9.17) is 0 Å². The highest BCUT2D eigenvalue weighted by atomic mass is 16.4. The molecule has 3 atom stereocenters. The van der Waals surface area contributed by atoms with Crippen molar-refractivity contribution >= 4 is 11.6 Å². The van der Waals surface area contributed by atoms with E-state index in [2.05, 4.69) is 0 Å². The van der Waals surface area contributed by atoms with Crippen LogP contribution in [0.25, 0.3) is 0 Å². The minimum absolute atomic E-state index is 0.0103. The van der Waals surface area contributed by atoms with Crippen molar-refractivity contribution in [2.75, 3.05) is 0 Å². The highest BCUT2D eigenvalue weighted by Crippen LogP contribution is 2.43. The van der Waals surface area contributed by atoms with E-state index in [1.807, 2.05) is 41.5 Å². The Hall–Kier alpha value is -1.72. The number of Topliss-reactive ketones (excluding diaryl/α,β-unsaturated/α-hetero) is 2. The van der Waals surface area contributed by atoms with Crippen LogP contribution in [0.4, 0.5) is 0 Å². The summed E-state index contributed by atoms with van der Waals surface area (Å²) in [6.07, 6.45) is 2.43. The minimum Gasteiger partial charge on any atom is -0.508 e. The average molecular weight is 364 g/mol. The van der Waals surface area contributed by atoms with Crippen molar-refractivity contribution in [3.05, 3.63) is 34.6 Å². The molecule has 146 valence electrons. The maximum Gasteiger partial charge on any atom is 0.176 e. The summed E-state index contributed by atoms with van der Waals surface area (Å²) in [5.41, 5.74) is -0.626. The van der Waals surface area contributed by atoms with Crippen molar-refractivity contribution in [2.45, 2.75) is 72.5 Å². The number of rotatable bonds is 8. The molecule has 1 aliphatic carbocycles. The van der Waals surface area contributed by atoms with Gasteiger partial charge in [-0.2, -0.15) is 0 Å². The Morgan fingerprint density at radius 1 is 1.15 bits per heavy atom. The van der Waals surface area contributed by atoms with E-state index < -0.39 is 34.9 Å². The van der Waals surface area contributed by atoms with Crippen molar-refractivity contribution < 1.29 is 24.9 Å². The zero-order valence-electron chi connectivity index (χ0n) is 16.7. The van der Waals surface area contributed by atoms with E-state index in [9.17, 15) is 24.9 Å². The molecule has 0 saturated heterocycles. The lowest BCUT2D eigenvalue weighted by molar-refractivity contribution is -0.134. The third-order valence-corrected chi connectivity index (χ3v) is 4.60. The minimum atomic E-state index is -2.16. The van der Waals surface area contributed by atoms with E-state index in [1.54, 1.807) is 12.2 Å². The zero-order chi connectivity index (χ0) is 20.2. The van der Waals surface area contributed by atoms with Crippen LogP contribution in [0.3, 0.4) is 0 Å². The molecule has 5 nitrogen and oxygen atoms in total. The molecule has 0 spiro atoms. The fraction of sp³-hybridized carbons (Fsp3) is 0.619. The molecule has 0 aromatic heterocycles. The summed E-state index contributed by atoms with van der Waals surface area (Å²) in [4.78, 5) is 25.3. The maximum atomic E-state index is 12.9. The molecule has 0 aliphatic heterocycles. The number of allylic oxidation sites excluding steroid dienone is 4. The van der Waals surface area contributed by atoms with Gasteiger partial charge in [-0.25, -0.2) is 0 Å².